The fourth-order valence-electron chi connectivity index (χ4n) is 3.03. The lowest BCUT2D eigenvalue weighted by Crippen LogP contribution is -1.97. The summed E-state index contributed by atoms with van der Waals surface area (Å²) in [4.78, 5) is 4.82. The van der Waals surface area contributed by atoms with Gasteiger partial charge in [-0.3, -0.25) is 4.57 Å². The predicted octanol–water partition coefficient (Wildman–Crippen LogP) is 4.77. The maximum absolute atomic E-state index is 10.2. The number of fused-ring (bicyclic) bond motifs is 1. The molecule has 0 bridgehead atoms. The zero-order valence-corrected chi connectivity index (χ0v) is 14.8. The van der Waals surface area contributed by atoms with Crippen LogP contribution in [-0.2, 0) is 7.05 Å². The van der Waals surface area contributed by atoms with Gasteiger partial charge in [0.1, 0.15) is 5.75 Å². The van der Waals surface area contributed by atoms with Crippen molar-refractivity contribution in [3.8, 4) is 22.7 Å². The second kappa shape index (κ2) is 5.86. The average molecular weight is 347 g/mol. The lowest BCUT2D eigenvalue weighted by atomic mass is 10.1. The van der Waals surface area contributed by atoms with Gasteiger partial charge in [-0.2, -0.15) is 0 Å². The number of para-hydroxylation sites is 1. The first-order valence-corrected chi connectivity index (χ1v) is 8.41. The van der Waals surface area contributed by atoms with Gasteiger partial charge in [0.15, 0.2) is 10.4 Å². The van der Waals surface area contributed by atoms with Crippen LogP contribution in [0.3, 0.4) is 0 Å². The second-order valence-electron chi connectivity index (χ2n) is 6.07. The Hall–Kier alpha value is -2.92. The molecule has 0 aliphatic rings. The summed E-state index contributed by atoms with van der Waals surface area (Å²) < 4.78 is 4.59. The highest BCUT2D eigenvalue weighted by molar-refractivity contribution is 7.71. The number of nitrogens with zero attached hydrogens (tertiary/aromatic N) is 3. The Kier molecular flexibility index (Phi) is 3.66. The number of pyridine rings is 1. The van der Waals surface area contributed by atoms with E-state index in [-0.39, 0.29) is 5.75 Å². The van der Waals surface area contributed by atoms with Crippen LogP contribution in [0.15, 0.2) is 60.7 Å². The third kappa shape index (κ3) is 2.53. The van der Waals surface area contributed by atoms with E-state index in [1.165, 1.54) is 0 Å². The van der Waals surface area contributed by atoms with Crippen molar-refractivity contribution in [2.75, 3.05) is 0 Å². The minimum Gasteiger partial charge on any atom is -0.507 e. The maximum atomic E-state index is 10.2. The molecule has 0 aliphatic carbocycles. The zero-order chi connectivity index (χ0) is 17.6. The van der Waals surface area contributed by atoms with Gasteiger partial charge in [-0.15, -0.1) is 0 Å². The van der Waals surface area contributed by atoms with Crippen molar-refractivity contribution < 1.29 is 5.11 Å². The first-order chi connectivity index (χ1) is 12.1. The van der Waals surface area contributed by atoms with Crippen LogP contribution in [0.1, 0.15) is 5.56 Å². The highest BCUT2D eigenvalue weighted by Crippen LogP contribution is 2.30. The van der Waals surface area contributed by atoms with Gasteiger partial charge in [-0.1, -0.05) is 29.8 Å². The number of phenols is 1. The molecule has 0 fully saturated rings. The van der Waals surface area contributed by atoms with Crippen molar-refractivity contribution in [2.45, 2.75) is 6.92 Å². The fraction of sp³-hybridized carbons (Fsp3) is 0.100. The van der Waals surface area contributed by atoms with Crippen molar-refractivity contribution >= 4 is 23.4 Å². The number of imidazole rings is 1. The van der Waals surface area contributed by atoms with Crippen LogP contribution in [0.4, 0.5) is 0 Å². The molecule has 0 spiro atoms. The molecule has 124 valence electrons. The Bertz CT molecular complexity index is 1140. The molecule has 0 saturated heterocycles. The summed E-state index contributed by atoms with van der Waals surface area (Å²) in [5.74, 6) is 0.221. The molecule has 0 radical (unpaired) electrons. The van der Waals surface area contributed by atoms with Crippen LogP contribution in [0.5, 0.6) is 5.75 Å². The molecule has 4 aromatic rings. The highest BCUT2D eigenvalue weighted by Gasteiger charge is 2.14. The first kappa shape index (κ1) is 15.6. The van der Waals surface area contributed by atoms with E-state index >= 15 is 0 Å². The third-order valence-electron chi connectivity index (χ3n) is 4.35. The number of hydrogen-bond acceptors (Lipinski definition) is 3. The second-order valence-corrected chi connectivity index (χ2v) is 6.44. The van der Waals surface area contributed by atoms with E-state index in [1.54, 1.807) is 6.07 Å². The Morgan fingerprint density at radius 1 is 1.00 bits per heavy atom. The Morgan fingerprint density at radius 2 is 1.76 bits per heavy atom. The molecule has 0 saturated carbocycles. The standard InChI is InChI=1S/C20H17N3OS/c1-13-8-11-18(24)15(12-13)16-9-10-17-19(21-16)23(20(25)22(17)2)14-6-4-3-5-7-14/h3-12,24H,1-2H3. The van der Waals surface area contributed by atoms with Crippen LogP contribution in [0.25, 0.3) is 28.1 Å². The highest BCUT2D eigenvalue weighted by atomic mass is 32.1. The van der Waals surface area contributed by atoms with E-state index in [1.807, 2.05) is 77.7 Å². The van der Waals surface area contributed by atoms with Crippen LogP contribution < -0.4 is 0 Å². The molecule has 2 heterocycles. The molecule has 0 aliphatic heterocycles. The van der Waals surface area contributed by atoms with Gasteiger partial charge < -0.3 is 9.67 Å². The number of rotatable bonds is 2. The topological polar surface area (TPSA) is 43.0 Å². The molecule has 2 aromatic heterocycles. The van der Waals surface area contributed by atoms with Gasteiger partial charge in [0.05, 0.1) is 11.2 Å². The third-order valence-corrected chi connectivity index (χ3v) is 4.80. The van der Waals surface area contributed by atoms with Gasteiger partial charge in [0.25, 0.3) is 0 Å². The van der Waals surface area contributed by atoms with E-state index in [0.717, 1.165) is 33.7 Å². The predicted molar refractivity (Wildman–Crippen MR) is 103 cm³/mol. The quantitative estimate of drug-likeness (QED) is 0.531. The van der Waals surface area contributed by atoms with Gasteiger partial charge in [0.2, 0.25) is 0 Å². The van der Waals surface area contributed by atoms with Crippen molar-refractivity contribution in [2.24, 2.45) is 7.05 Å². The molecule has 2 aromatic carbocycles. The summed E-state index contributed by atoms with van der Waals surface area (Å²) in [7, 11) is 1.94. The van der Waals surface area contributed by atoms with Crippen molar-refractivity contribution in [3.05, 3.63) is 71.0 Å². The van der Waals surface area contributed by atoms with Gasteiger partial charge in [0, 0.05) is 18.3 Å². The summed E-state index contributed by atoms with van der Waals surface area (Å²) in [5, 5.41) is 10.2. The average Bonchev–Trinajstić information content (AvgIpc) is 2.88. The normalized spacial score (nSPS) is 11.1. The smallest absolute Gasteiger partial charge is 0.186 e. The van der Waals surface area contributed by atoms with Gasteiger partial charge in [-0.05, 0) is 55.5 Å². The molecule has 1 N–H and O–H groups in total. The van der Waals surface area contributed by atoms with Crippen LogP contribution >= 0.6 is 12.2 Å². The van der Waals surface area contributed by atoms with Gasteiger partial charge in [-0.25, -0.2) is 4.98 Å². The summed E-state index contributed by atoms with van der Waals surface area (Å²) in [6.45, 7) is 2.00. The van der Waals surface area contributed by atoms with E-state index < -0.39 is 0 Å². The Morgan fingerprint density at radius 3 is 2.52 bits per heavy atom. The minimum atomic E-state index is 0.221. The molecule has 25 heavy (non-hydrogen) atoms. The maximum Gasteiger partial charge on any atom is 0.186 e. The number of hydrogen-bond donors (Lipinski definition) is 1. The van der Waals surface area contributed by atoms with Crippen LogP contribution in [0, 0.1) is 11.7 Å². The fourth-order valence-corrected chi connectivity index (χ4v) is 3.32. The number of aryl methyl sites for hydroxylation is 2. The number of phenolic OH excluding ortho intramolecular Hbond substituents is 1. The van der Waals surface area contributed by atoms with Crippen molar-refractivity contribution in [1.82, 2.24) is 14.1 Å². The van der Waals surface area contributed by atoms with Gasteiger partial charge >= 0.3 is 0 Å². The molecule has 4 rings (SSSR count). The summed E-state index contributed by atoms with van der Waals surface area (Å²) >= 11 is 5.62. The molecule has 0 atom stereocenters. The minimum absolute atomic E-state index is 0.221. The molecular formula is C20H17N3OS. The monoisotopic (exact) mass is 347 g/mol. The first-order valence-electron chi connectivity index (χ1n) is 8.00. The summed E-state index contributed by atoms with van der Waals surface area (Å²) in [6, 6.07) is 19.4. The molecule has 0 amide bonds. The van der Waals surface area contributed by atoms with Crippen LogP contribution in [0.2, 0.25) is 0 Å². The number of aromatic nitrogens is 3. The Labute approximate surface area is 150 Å². The summed E-state index contributed by atoms with van der Waals surface area (Å²) in [6.07, 6.45) is 0. The molecule has 4 nitrogen and oxygen atoms in total. The lowest BCUT2D eigenvalue weighted by Gasteiger charge is -2.07. The Balaban J connectivity index is 2.03. The van der Waals surface area contributed by atoms with Crippen molar-refractivity contribution in [1.29, 1.82) is 0 Å². The van der Waals surface area contributed by atoms with Crippen molar-refractivity contribution in [3.63, 3.8) is 0 Å². The SMILES string of the molecule is Cc1ccc(O)c(-c2ccc3c(n2)n(-c2ccccc2)c(=S)n3C)c1. The largest absolute Gasteiger partial charge is 0.507 e. The summed E-state index contributed by atoms with van der Waals surface area (Å²) in [5.41, 5.74) is 5.20. The lowest BCUT2D eigenvalue weighted by molar-refractivity contribution is 0.477. The van der Waals surface area contributed by atoms with E-state index in [9.17, 15) is 5.11 Å². The molecule has 0 unspecified atom stereocenters. The molecule has 5 heteroatoms. The van der Waals surface area contributed by atoms with E-state index in [2.05, 4.69) is 0 Å². The number of benzene rings is 2. The zero-order valence-electron chi connectivity index (χ0n) is 14.0. The molecular weight excluding hydrogens is 330 g/mol. The van der Waals surface area contributed by atoms with Crippen LogP contribution in [-0.4, -0.2) is 19.2 Å². The van der Waals surface area contributed by atoms with E-state index in [0.29, 0.717) is 4.77 Å². The number of aromatic hydroxyl groups is 1. The van der Waals surface area contributed by atoms with E-state index in [4.69, 9.17) is 17.2 Å².